The molecule has 0 unspecified atom stereocenters. The summed E-state index contributed by atoms with van der Waals surface area (Å²) in [5, 5.41) is 13.0. The monoisotopic (exact) mass is 331 g/mol. The van der Waals surface area contributed by atoms with Crippen LogP contribution in [-0.4, -0.2) is 17.3 Å². The first kappa shape index (κ1) is 16.3. The van der Waals surface area contributed by atoms with Crippen LogP contribution in [0.25, 0.3) is 0 Å². The van der Waals surface area contributed by atoms with Crippen LogP contribution in [0.5, 0.6) is 11.5 Å². The molecule has 0 atom stereocenters. The van der Waals surface area contributed by atoms with E-state index in [9.17, 15) is 4.79 Å². The van der Waals surface area contributed by atoms with Gasteiger partial charge >= 0.3 is 5.97 Å². The van der Waals surface area contributed by atoms with Gasteiger partial charge in [-0.3, -0.25) is 5.43 Å². The number of carboxylic acids is 1. The molecule has 0 bridgehead atoms. The highest BCUT2D eigenvalue weighted by Crippen LogP contribution is 2.21. The van der Waals surface area contributed by atoms with E-state index >= 15 is 0 Å². The lowest BCUT2D eigenvalue weighted by molar-refractivity contribution is 0.0697. The third-order valence-corrected chi connectivity index (χ3v) is 3.31. The average Bonchev–Trinajstić information content (AvgIpc) is 2.63. The van der Waals surface area contributed by atoms with Gasteiger partial charge in [0.2, 0.25) is 0 Å². The third-order valence-electron chi connectivity index (χ3n) is 3.31. The Morgan fingerprint density at radius 2 is 1.88 bits per heavy atom. The first-order valence-corrected chi connectivity index (χ1v) is 7.57. The summed E-state index contributed by atoms with van der Waals surface area (Å²) in [4.78, 5) is 10.8. The van der Waals surface area contributed by atoms with Crippen LogP contribution >= 0.6 is 0 Å². The van der Waals surface area contributed by atoms with E-state index in [1.807, 2.05) is 42.5 Å². The summed E-state index contributed by atoms with van der Waals surface area (Å²) in [5.74, 6) is 0.463. The summed E-state index contributed by atoms with van der Waals surface area (Å²) in [5.41, 5.74) is 4.66. The number of carboxylic acid groups (broad SMARTS) is 1. The quantitative estimate of drug-likeness (QED) is 0.518. The van der Waals surface area contributed by atoms with Crippen LogP contribution in [0.3, 0.4) is 0 Å². The van der Waals surface area contributed by atoms with Crippen LogP contribution in [0.2, 0.25) is 0 Å². The zero-order chi connectivity index (χ0) is 17.5. The predicted octanol–water partition coefficient (Wildman–Crippen LogP) is 4.42. The standard InChI is InChI=1S/C20H15N2O3/c23-20(24)16-9-11-17(12-10-16)22-21-14-15-5-4-8-19(13-15)25-18-6-2-1-3-7-18/h1-2,4-14,22H,(H,23,24). The number of anilines is 1. The number of nitrogens with one attached hydrogen (secondary N) is 1. The van der Waals surface area contributed by atoms with Crippen molar-refractivity contribution >= 4 is 17.9 Å². The van der Waals surface area contributed by atoms with E-state index in [0.29, 0.717) is 17.2 Å². The molecule has 0 heterocycles. The molecule has 2 N–H and O–H groups in total. The van der Waals surface area contributed by atoms with E-state index in [1.54, 1.807) is 24.4 Å². The second-order valence-corrected chi connectivity index (χ2v) is 5.17. The first-order chi connectivity index (χ1) is 12.2. The Balaban J connectivity index is 1.63. The second kappa shape index (κ2) is 7.79. The maximum absolute atomic E-state index is 10.8. The summed E-state index contributed by atoms with van der Waals surface area (Å²) >= 11 is 0. The number of ether oxygens (including phenoxy) is 1. The molecule has 0 aromatic heterocycles. The third kappa shape index (κ3) is 4.68. The fraction of sp³-hybridized carbons (Fsp3) is 0. The largest absolute Gasteiger partial charge is 0.478 e. The number of hydrazone groups is 1. The summed E-state index contributed by atoms with van der Waals surface area (Å²) in [6.07, 6.45) is 1.66. The summed E-state index contributed by atoms with van der Waals surface area (Å²) in [6, 6.07) is 24.1. The number of benzene rings is 3. The minimum Gasteiger partial charge on any atom is -0.478 e. The maximum atomic E-state index is 10.8. The Bertz CT molecular complexity index is 875. The Kier molecular flexibility index (Phi) is 5.07. The highest BCUT2D eigenvalue weighted by molar-refractivity contribution is 5.88. The minimum atomic E-state index is -0.956. The summed E-state index contributed by atoms with van der Waals surface area (Å²) in [7, 11) is 0. The molecule has 0 aliphatic carbocycles. The molecule has 0 saturated carbocycles. The van der Waals surface area contributed by atoms with Crippen LogP contribution < -0.4 is 10.2 Å². The van der Waals surface area contributed by atoms with Gasteiger partial charge in [-0.1, -0.05) is 24.3 Å². The molecule has 3 aromatic rings. The lowest BCUT2D eigenvalue weighted by atomic mass is 10.2. The smallest absolute Gasteiger partial charge is 0.335 e. The summed E-state index contributed by atoms with van der Waals surface area (Å²) in [6.45, 7) is 0. The molecule has 0 saturated heterocycles. The lowest BCUT2D eigenvalue weighted by Crippen LogP contribution is -1.96. The van der Waals surface area contributed by atoms with Crippen molar-refractivity contribution in [3.05, 3.63) is 90.0 Å². The fourth-order valence-electron chi connectivity index (χ4n) is 2.10. The van der Waals surface area contributed by atoms with Gasteiger partial charge in [0.25, 0.3) is 0 Å². The van der Waals surface area contributed by atoms with Crippen LogP contribution in [0.15, 0.2) is 77.9 Å². The average molecular weight is 331 g/mol. The van der Waals surface area contributed by atoms with Gasteiger partial charge in [0.05, 0.1) is 17.5 Å². The highest BCUT2D eigenvalue weighted by Gasteiger charge is 2.01. The Morgan fingerprint density at radius 3 is 2.60 bits per heavy atom. The van der Waals surface area contributed by atoms with Crippen molar-refractivity contribution in [2.45, 2.75) is 0 Å². The minimum absolute atomic E-state index is 0.234. The maximum Gasteiger partial charge on any atom is 0.335 e. The van der Waals surface area contributed by atoms with E-state index in [4.69, 9.17) is 9.84 Å². The van der Waals surface area contributed by atoms with Crippen molar-refractivity contribution in [1.82, 2.24) is 0 Å². The second-order valence-electron chi connectivity index (χ2n) is 5.17. The molecule has 0 aliphatic heterocycles. The van der Waals surface area contributed by atoms with Gasteiger partial charge in [0, 0.05) is 0 Å². The number of carbonyl (C=O) groups is 1. The predicted molar refractivity (Wildman–Crippen MR) is 96.4 cm³/mol. The molecule has 0 aliphatic rings. The molecule has 0 spiro atoms. The van der Waals surface area contributed by atoms with E-state index < -0.39 is 5.97 Å². The number of aromatic carboxylic acids is 1. The SMILES string of the molecule is O=C(O)c1ccc(NN=Cc2cccc(Oc3c[c]ccc3)c2)cc1. The molecule has 0 amide bonds. The van der Waals surface area contributed by atoms with Crippen molar-refractivity contribution in [1.29, 1.82) is 0 Å². The van der Waals surface area contributed by atoms with Gasteiger partial charge in [-0.25, -0.2) is 4.79 Å². The molecular weight excluding hydrogens is 316 g/mol. The molecule has 123 valence electrons. The van der Waals surface area contributed by atoms with Gasteiger partial charge < -0.3 is 9.84 Å². The zero-order valence-corrected chi connectivity index (χ0v) is 13.2. The molecule has 5 heteroatoms. The lowest BCUT2D eigenvalue weighted by Gasteiger charge is -2.05. The fourth-order valence-corrected chi connectivity index (χ4v) is 2.10. The molecule has 25 heavy (non-hydrogen) atoms. The summed E-state index contributed by atoms with van der Waals surface area (Å²) < 4.78 is 5.75. The van der Waals surface area contributed by atoms with Gasteiger partial charge in [-0.2, -0.15) is 5.10 Å². The van der Waals surface area contributed by atoms with Crippen LogP contribution in [-0.2, 0) is 0 Å². The van der Waals surface area contributed by atoms with Crippen LogP contribution in [0.4, 0.5) is 5.69 Å². The van der Waals surface area contributed by atoms with Crippen molar-refractivity contribution in [3.8, 4) is 11.5 Å². The van der Waals surface area contributed by atoms with Crippen molar-refractivity contribution in [3.63, 3.8) is 0 Å². The normalized spacial score (nSPS) is 10.6. The Hall–Kier alpha value is -3.60. The van der Waals surface area contributed by atoms with Crippen LogP contribution in [0.1, 0.15) is 15.9 Å². The van der Waals surface area contributed by atoms with E-state index in [0.717, 1.165) is 5.56 Å². The van der Waals surface area contributed by atoms with Gasteiger partial charge in [-0.15, -0.1) is 0 Å². The van der Waals surface area contributed by atoms with Crippen molar-refractivity contribution in [2.24, 2.45) is 5.10 Å². The molecule has 3 aromatic carbocycles. The first-order valence-electron chi connectivity index (χ1n) is 7.57. The Morgan fingerprint density at radius 1 is 1.08 bits per heavy atom. The van der Waals surface area contributed by atoms with Gasteiger partial charge in [-0.05, 0) is 60.2 Å². The molecule has 3 rings (SSSR count). The topological polar surface area (TPSA) is 70.9 Å². The van der Waals surface area contributed by atoms with Crippen molar-refractivity contribution < 1.29 is 14.6 Å². The highest BCUT2D eigenvalue weighted by atomic mass is 16.5. The van der Waals surface area contributed by atoms with E-state index in [-0.39, 0.29) is 5.56 Å². The molecule has 5 nitrogen and oxygen atoms in total. The number of hydrogen-bond donors (Lipinski definition) is 2. The molecular formula is C20H15N2O3. The Labute approximate surface area is 145 Å². The van der Waals surface area contributed by atoms with Crippen LogP contribution in [0, 0.1) is 6.07 Å². The zero-order valence-electron chi connectivity index (χ0n) is 13.2. The van der Waals surface area contributed by atoms with E-state index in [1.165, 1.54) is 12.1 Å². The molecule has 1 radical (unpaired) electrons. The molecule has 0 fully saturated rings. The van der Waals surface area contributed by atoms with E-state index in [2.05, 4.69) is 16.6 Å². The number of nitrogens with zero attached hydrogens (tertiary/aromatic N) is 1. The number of hydrogen-bond acceptors (Lipinski definition) is 4. The van der Waals surface area contributed by atoms with Crippen molar-refractivity contribution in [2.75, 3.05) is 5.43 Å². The number of rotatable bonds is 6. The van der Waals surface area contributed by atoms with Gasteiger partial charge in [0.1, 0.15) is 11.5 Å². The van der Waals surface area contributed by atoms with Gasteiger partial charge in [0.15, 0.2) is 0 Å².